The van der Waals surface area contributed by atoms with E-state index in [1.54, 1.807) is 0 Å². The van der Waals surface area contributed by atoms with E-state index >= 15 is 0 Å². The van der Waals surface area contributed by atoms with Crippen molar-refractivity contribution in [2.75, 3.05) is 0 Å². The second-order valence-corrected chi connectivity index (χ2v) is 10.9. The minimum absolute atomic E-state index is 0.0488. The van der Waals surface area contributed by atoms with Gasteiger partial charge in [0, 0.05) is 16.2 Å². The lowest BCUT2D eigenvalue weighted by atomic mass is 9.85. The molecule has 200 valence electrons. The standard InChI is InChI=1S/C42H26O/c1-2-10-27(11-3-1)28-18-20-30(21-19-28)40-34-14-6-8-16-36(34)41(37-17-9-7-15-35(37)40)31-23-24-33-38-25-22-29-12-4-5-13-32(29)42(38)43-39(33)26-31/h1-26H/i18D,19D,20D,21D. The summed E-state index contributed by atoms with van der Waals surface area (Å²) in [5.41, 5.74) is 5.69. The molecule has 8 aromatic carbocycles. The van der Waals surface area contributed by atoms with Crippen molar-refractivity contribution in [2.45, 2.75) is 0 Å². The van der Waals surface area contributed by atoms with Gasteiger partial charge in [-0.1, -0.05) is 139 Å². The van der Waals surface area contributed by atoms with E-state index in [1.165, 1.54) is 0 Å². The van der Waals surface area contributed by atoms with Gasteiger partial charge in [0.25, 0.3) is 0 Å². The van der Waals surface area contributed by atoms with Crippen LogP contribution in [0.4, 0.5) is 0 Å². The summed E-state index contributed by atoms with van der Waals surface area (Å²) in [6.07, 6.45) is 0. The normalized spacial score (nSPS) is 13.0. The minimum Gasteiger partial charge on any atom is -0.455 e. The van der Waals surface area contributed by atoms with Crippen molar-refractivity contribution in [3.05, 3.63) is 158 Å². The van der Waals surface area contributed by atoms with Crippen LogP contribution in [0, 0.1) is 0 Å². The zero-order valence-corrected chi connectivity index (χ0v) is 23.1. The Balaban J connectivity index is 1.34. The third-order valence-corrected chi connectivity index (χ3v) is 8.52. The Morgan fingerprint density at radius 3 is 1.58 bits per heavy atom. The smallest absolute Gasteiger partial charge is 0.143 e. The lowest BCUT2D eigenvalue weighted by Crippen LogP contribution is -1.91. The minimum atomic E-state index is -0.0520. The highest BCUT2D eigenvalue weighted by atomic mass is 16.3. The number of rotatable bonds is 3. The lowest BCUT2D eigenvalue weighted by Gasteiger charge is -2.18. The van der Waals surface area contributed by atoms with Crippen LogP contribution >= 0.6 is 0 Å². The van der Waals surface area contributed by atoms with Crippen LogP contribution in [0.1, 0.15) is 5.48 Å². The second-order valence-electron chi connectivity index (χ2n) is 10.9. The zero-order valence-electron chi connectivity index (χ0n) is 27.1. The molecule has 0 N–H and O–H groups in total. The maximum Gasteiger partial charge on any atom is 0.143 e. The Kier molecular flexibility index (Phi) is 4.45. The molecule has 0 fully saturated rings. The molecular formula is C42H26O. The molecule has 0 bridgehead atoms. The van der Waals surface area contributed by atoms with Crippen LogP contribution in [0.15, 0.2) is 162 Å². The second kappa shape index (κ2) is 9.44. The molecule has 0 saturated carbocycles. The molecule has 1 heteroatoms. The zero-order chi connectivity index (χ0) is 31.8. The van der Waals surface area contributed by atoms with Gasteiger partial charge < -0.3 is 4.42 Å². The van der Waals surface area contributed by atoms with Crippen LogP contribution in [0.2, 0.25) is 0 Å². The first-order valence-electron chi connectivity index (χ1n) is 16.4. The molecule has 0 unspecified atom stereocenters. The van der Waals surface area contributed by atoms with Crippen molar-refractivity contribution < 1.29 is 9.90 Å². The van der Waals surface area contributed by atoms with Gasteiger partial charge in [0.15, 0.2) is 0 Å². The van der Waals surface area contributed by atoms with Gasteiger partial charge in [-0.25, -0.2) is 0 Å². The molecule has 43 heavy (non-hydrogen) atoms. The summed E-state index contributed by atoms with van der Waals surface area (Å²) in [6, 6.07) is 44.1. The van der Waals surface area contributed by atoms with Crippen LogP contribution in [0.5, 0.6) is 0 Å². The Labute approximate surface area is 254 Å². The van der Waals surface area contributed by atoms with Crippen LogP contribution < -0.4 is 0 Å². The number of hydrogen-bond acceptors (Lipinski definition) is 1. The van der Waals surface area contributed by atoms with E-state index in [4.69, 9.17) is 7.16 Å². The maximum atomic E-state index is 9.23. The predicted molar refractivity (Wildman–Crippen MR) is 183 cm³/mol. The van der Waals surface area contributed by atoms with Crippen molar-refractivity contribution in [1.29, 1.82) is 0 Å². The number of hydrogen-bond donors (Lipinski definition) is 0. The Hall–Kier alpha value is -5.66. The Morgan fingerprint density at radius 1 is 0.372 bits per heavy atom. The molecule has 1 nitrogen and oxygen atoms in total. The molecular weight excluding hydrogens is 520 g/mol. The molecule has 0 radical (unpaired) electrons. The van der Waals surface area contributed by atoms with Crippen molar-refractivity contribution in [1.82, 2.24) is 0 Å². The predicted octanol–water partition coefficient (Wildman–Crippen LogP) is 12.0. The van der Waals surface area contributed by atoms with Crippen LogP contribution in [-0.2, 0) is 0 Å². The molecule has 0 saturated heterocycles. The summed E-state index contributed by atoms with van der Waals surface area (Å²) in [5.74, 6) is 0. The van der Waals surface area contributed by atoms with Gasteiger partial charge in [0.1, 0.15) is 11.2 Å². The number of fused-ring (bicyclic) bond motifs is 7. The van der Waals surface area contributed by atoms with Crippen molar-refractivity contribution in [3.63, 3.8) is 0 Å². The maximum absolute atomic E-state index is 9.23. The highest BCUT2D eigenvalue weighted by molar-refractivity contribution is 6.22. The lowest BCUT2D eigenvalue weighted by molar-refractivity contribution is 0.673. The van der Waals surface area contributed by atoms with Gasteiger partial charge in [-0.15, -0.1) is 0 Å². The average Bonchev–Trinajstić information content (AvgIpc) is 3.49. The molecule has 0 aliphatic carbocycles. The van der Waals surface area contributed by atoms with Crippen LogP contribution in [0.25, 0.3) is 87.6 Å². The van der Waals surface area contributed by atoms with Gasteiger partial charge in [-0.2, -0.15) is 0 Å². The fourth-order valence-corrected chi connectivity index (χ4v) is 6.56. The quantitative estimate of drug-likeness (QED) is 0.199. The summed E-state index contributed by atoms with van der Waals surface area (Å²) >= 11 is 0. The largest absolute Gasteiger partial charge is 0.455 e. The van der Waals surface area contributed by atoms with Crippen molar-refractivity contribution >= 4 is 54.3 Å². The summed E-state index contributed by atoms with van der Waals surface area (Å²) in [5, 5.41) is 8.02. The van der Waals surface area contributed by atoms with Gasteiger partial charge in [-0.3, -0.25) is 0 Å². The van der Waals surface area contributed by atoms with E-state index in [1.807, 2.05) is 78.9 Å². The summed E-state index contributed by atoms with van der Waals surface area (Å²) in [6.45, 7) is 0. The van der Waals surface area contributed by atoms with Gasteiger partial charge in [0.2, 0.25) is 0 Å². The Bertz CT molecular complexity index is 2640. The van der Waals surface area contributed by atoms with Crippen molar-refractivity contribution in [3.8, 4) is 33.4 Å². The highest BCUT2D eigenvalue weighted by Crippen LogP contribution is 2.45. The van der Waals surface area contributed by atoms with Crippen molar-refractivity contribution in [2.24, 2.45) is 0 Å². The molecule has 0 aliphatic rings. The molecule has 1 aromatic heterocycles. The van der Waals surface area contributed by atoms with Gasteiger partial charge in [0.05, 0.1) is 5.48 Å². The highest BCUT2D eigenvalue weighted by Gasteiger charge is 2.18. The van der Waals surface area contributed by atoms with E-state index in [2.05, 4.69) is 54.6 Å². The van der Waals surface area contributed by atoms with E-state index in [-0.39, 0.29) is 24.2 Å². The van der Waals surface area contributed by atoms with Crippen LogP contribution in [-0.4, -0.2) is 0 Å². The SMILES string of the molecule is [2H]c1c([2H])c(-c2c3ccccc3c(-c3ccc4c(c3)oc3c5ccccc5ccc43)c3ccccc23)c([2H])c([2H])c1-c1ccccc1. The fourth-order valence-electron chi connectivity index (χ4n) is 6.56. The Morgan fingerprint density at radius 2 is 0.907 bits per heavy atom. The van der Waals surface area contributed by atoms with E-state index in [0.717, 1.165) is 65.4 Å². The summed E-state index contributed by atoms with van der Waals surface area (Å²) in [7, 11) is 0. The topological polar surface area (TPSA) is 13.1 Å². The molecule has 0 amide bonds. The first-order chi connectivity index (χ1) is 23.0. The molecule has 0 atom stereocenters. The van der Waals surface area contributed by atoms with E-state index in [9.17, 15) is 2.74 Å². The summed E-state index contributed by atoms with van der Waals surface area (Å²) in [4.78, 5) is 0. The van der Waals surface area contributed by atoms with Gasteiger partial charge in [-0.05, 0) is 78.5 Å². The summed E-state index contributed by atoms with van der Waals surface area (Å²) < 4.78 is 43.1. The molecule has 9 rings (SSSR count). The monoisotopic (exact) mass is 550 g/mol. The molecule has 9 aromatic rings. The van der Waals surface area contributed by atoms with Gasteiger partial charge >= 0.3 is 0 Å². The first kappa shape index (κ1) is 20.3. The fraction of sp³-hybridized carbons (Fsp3) is 0. The third-order valence-electron chi connectivity index (χ3n) is 8.52. The number of furan rings is 1. The molecule has 0 spiro atoms. The van der Waals surface area contributed by atoms with Crippen LogP contribution in [0.3, 0.4) is 0 Å². The molecule has 0 aliphatic heterocycles. The average molecular weight is 551 g/mol. The first-order valence-corrected chi connectivity index (χ1v) is 14.4. The van der Waals surface area contributed by atoms with E-state index in [0.29, 0.717) is 22.3 Å². The van der Waals surface area contributed by atoms with E-state index < -0.39 is 0 Å². The number of benzene rings is 8. The third kappa shape index (κ3) is 3.72. The molecule has 1 heterocycles.